The molecule has 0 bridgehead atoms. The van der Waals surface area contributed by atoms with Gasteiger partial charge in [0.1, 0.15) is 0 Å². The number of anilines is 1. The minimum Gasteiger partial charge on any atom is -0.361 e. The molecule has 124 valence electrons. The summed E-state index contributed by atoms with van der Waals surface area (Å²) in [6.07, 6.45) is 6.13. The van der Waals surface area contributed by atoms with Crippen molar-refractivity contribution >= 4 is 17.2 Å². The summed E-state index contributed by atoms with van der Waals surface area (Å²) in [5, 5.41) is 0. The van der Waals surface area contributed by atoms with E-state index >= 15 is 0 Å². The summed E-state index contributed by atoms with van der Waals surface area (Å²) >= 11 is 0. The Labute approximate surface area is 137 Å². The van der Waals surface area contributed by atoms with Gasteiger partial charge in [-0.3, -0.25) is 4.79 Å². The Morgan fingerprint density at radius 3 is 2.74 bits per heavy atom. The van der Waals surface area contributed by atoms with E-state index in [1.54, 1.807) is 0 Å². The van der Waals surface area contributed by atoms with Crippen molar-refractivity contribution in [3.8, 4) is 0 Å². The van der Waals surface area contributed by atoms with Crippen molar-refractivity contribution in [3.05, 3.63) is 30.2 Å². The minimum absolute atomic E-state index is 0.0761. The molecule has 0 saturated carbocycles. The lowest BCUT2D eigenvalue weighted by Gasteiger charge is -2.31. The zero-order valence-electron chi connectivity index (χ0n) is 14.7. The summed E-state index contributed by atoms with van der Waals surface area (Å²) in [6, 6.07) is 4.17. The van der Waals surface area contributed by atoms with Crippen LogP contribution in [0.15, 0.2) is 24.5 Å². The SMILES string of the molecule is CN(C)c1nc([C@@H]2CCCN2C(=O)C(C)(C)C)cn2cccc12. The van der Waals surface area contributed by atoms with Crippen molar-refractivity contribution in [1.29, 1.82) is 0 Å². The van der Waals surface area contributed by atoms with Gasteiger partial charge in [0.25, 0.3) is 0 Å². The maximum absolute atomic E-state index is 12.8. The van der Waals surface area contributed by atoms with Crippen LogP contribution in [0.5, 0.6) is 0 Å². The number of hydrogen-bond donors (Lipinski definition) is 0. The third-order valence-electron chi connectivity index (χ3n) is 4.43. The van der Waals surface area contributed by atoms with Gasteiger partial charge in [0.15, 0.2) is 5.82 Å². The second-order valence-electron chi connectivity index (χ2n) is 7.59. The largest absolute Gasteiger partial charge is 0.361 e. The number of rotatable bonds is 2. The molecule has 0 unspecified atom stereocenters. The molecule has 3 heterocycles. The molecule has 0 aromatic carbocycles. The molecular weight excluding hydrogens is 288 g/mol. The molecule has 0 N–H and O–H groups in total. The zero-order chi connectivity index (χ0) is 16.8. The highest BCUT2D eigenvalue weighted by Gasteiger charge is 2.36. The third-order valence-corrected chi connectivity index (χ3v) is 4.43. The van der Waals surface area contributed by atoms with Crippen LogP contribution in [0, 0.1) is 5.41 Å². The predicted molar refractivity (Wildman–Crippen MR) is 92.7 cm³/mol. The Hall–Kier alpha value is -2.04. The Balaban J connectivity index is 2.03. The fourth-order valence-electron chi connectivity index (χ4n) is 3.28. The quantitative estimate of drug-likeness (QED) is 0.855. The van der Waals surface area contributed by atoms with E-state index in [1.807, 2.05) is 56.9 Å². The van der Waals surface area contributed by atoms with Crippen molar-refractivity contribution in [3.63, 3.8) is 0 Å². The van der Waals surface area contributed by atoms with E-state index in [0.717, 1.165) is 36.4 Å². The van der Waals surface area contributed by atoms with Gasteiger partial charge in [0.2, 0.25) is 5.91 Å². The number of carbonyl (C=O) groups excluding carboxylic acids is 1. The molecule has 5 nitrogen and oxygen atoms in total. The second-order valence-corrected chi connectivity index (χ2v) is 7.59. The number of amides is 1. The summed E-state index contributed by atoms with van der Waals surface area (Å²) in [6.45, 7) is 6.78. The van der Waals surface area contributed by atoms with Crippen molar-refractivity contribution in [2.24, 2.45) is 5.41 Å². The van der Waals surface area contributed by atoms with Crippen LogP contribution in [-0.4, -0.2) is 40.8 Å². The normalized spacial score (nSPS) is 18.7. The van der Waals surface area contributed by atoms with Crippen LogP contribution in [0.4, 0.5) is 5.82 Å². The van der Waals surface area contributed by atoms with Crippen molar-refractivity contribution in [1.82, 2.24) is 14.3 Å². The number of likely N-dealkylation sites (tertiary alicyclic amines) is 1. The molecule has 1 amide bonds. The topological polar surface area (TPSA) is 40.9 Å². The standard InChI is InChI=1S/C18H26N4O/c1-18(2,3)17(23)22-11-7-8-14(22)13-12-21-10-6-9-15(21)16(19-13)20(4)5/h6,9-10,12,14H,7-8,11H2,1-5H3/t14-/m0/s1. The number of fused-ring (bicyclic) bond motifs is 1. The van der Waals surface area contributed by atoms with E-state index in [-0.39, 0.29) is 17.4 Å². The smallest absolute Gasteiger partial charge is 0.228 e. The lowest BCUT2D eigenvalue weighted by atomic mass is 9.94. The maximum Gasteiger partial charge on any atom is 0.228 e. The van der Waals surface area contributed by atoms with Crippen LogP contribution in [0.1, 0.15) is 45.3 Å². The summed E-state index contributed by atoms with van der Waals surface area (Å²) in [5.41, 5.74) is 1.71. The van der Waals surface area contributed by atoms with Crippen LogP contribution >= 0.6 is 0 Å². The van der Waals surface area contributed by atoms with Crippen LogP contribution in [0.2, 0.25) is 0 Å². The van der Waals surface area contributed by atoms with Gasteiger partial charge in [-0.15, -0.1) is 0 Å². The van der Waals surface area contributed by atoms with E-state index in [4.69, 9.17) is 4.98 Å². The first kappa shape index (κ1) is 15.8. The van der Waals surface area contributed by atoms with Gasteiger partial charge in [-0.2, -0.15) is 0 Å². The Bertz CT molecular complexity index is 726. The van der Waals surface area contributed by atoms with E-state index < -0.39 is 0 Å². The van der Waals surface area contributed by atoms with Crippen LogP contribution in [0.25, 0.3) is 5.52 Å². The number of nitrogens with zero attached hydrogens (tertiary/aromatic N) is 4. The molecular formula is C18H26N4O. The second kappa shape index (κ2) is 5.55. The minimum atomic E-state index is -0.357. The summed E-state index contributed by atoms with van der Waals surface area (Å²) < 4.78 is 2.11. The van der Waals surface area contributed by atoms with Crippen molar-refractivity contribution in [2.45, 2.75) is 39.7 Å². The molecule has 1 saturated heterocycles. The first-order chi connectivity index (χ1) is 10.8. The Morgan fingerprint density at radius 1 is 1.35 bits per heavy atom. The van der Waals surface area contributed by atoms with Crippen LogP contribution < -0.4 is 4.90 Å². The van der Waals surface area contributed by atoms with E-state index in [0.29, 0.717) is 0 Å². The number of hydrogen-bond acceptors (Lipinski definition) is 3. The molecule has 1 fully saturated rings. The molecule has 1 aliphatic heterocycles. The predicted octanol–water partition coefficient (Wildman–Crippen LogP) is 3.11. The fraction of sp³-hybridized carbons (Fsp3) is 0.556. The third kappa shape index (κ3) is 2.80. The first-order valence-corrected chi connectivity index (χ1v) is 8.25. The highest BCUT2D eigenvalue weighted by molar-refractivity contribution is 5.82. The molecule has 2 aromatic rings. The van der Waals surface area contributed by atoms with E-state index in [2.05, 4.69) is 16.7 Å². The summed E-state index contributed by atoms with van der Waals surface area (Å²) in [7, 11) is 4.01. The van der Waals surface area contributed by atoms with Gasteiger partial charge in [-0.25, -0.2) is 4.98 Å². The van der Waals surface area contributed by atoms with Gasteiger partial charge >= 0.3 is 0 Å². The highest BCUT2D eigenvalue weighted by Crippen LogP contribution is 2.35. The Morgan fingerprint density at radius 2 is 2.09 bits per heavy atom. The van der Waals surface area contributed by atoms with Gasteiger partial charge < -0.3 is 14.2 Å². The lowest BCUT2D eigenvalue weighted by Crippen LogP contribution is -2.39. The number of aromatic nitrogens is 2. The maximum atomic E-state index is 12.8. The van der Waals surface area contributed by atoms with Crippen LogP contribution in [-0.2, 0) is 4.79 Å². The molecule has 3 rings (SSSR count). The molecule has 0 radical (unpaired) electrons. The first-order valence-electron chi connectivity index (χ1n) is 8.25. The average Bonchev–Trinajstić information content (AvgIpc) is 3.12. The van der Waals surface area contributed by atoms with Gasteiger partial charge in [0, 0.05) is 38.4 Å². The monoisotopic (exact) mass is 314 g/mol. The molecule has 1 aliphatic rings. The Kier molecular flexibility index (Phi) is 3.82. The average molecular weight is 314 g/mol. The van der Waals surface area contributed by atoms with E-state index in [1.165, 1.54) is 0 Å². The highest BCUT2D eigenvalue weighted by atomic mass is 16.2. The molecule has 2 aromatic heterocycles. The molecule has 23 heavy (non-hydrogen) atoms. The zero-order valence-corrected chi connectivity index (χ0v) is 14.7. The van der Waals surface area contributed by atoms with Crippen LogP contribution in [0.3, 0.4) is 0 Å². The van der Waals surface area contributed by atoms with Gasteiger partial charge in [-0.1, -0.05) is 20.8 Å². The molecule has 5 heteroatoms. The molecule has 0 aliphatic carbocycles. The van der Waals surface area contributed by atoms with Crippen molar-refractivity contribution < 1.29 is 4.79 Å². The molecule has 1 atom stereocenters. The van der Waals surface area contributed by atoms with Gasteiger partial charge in [0.05, 0.1) is 17.3 Å². The lowest BCUT2D eigenvalue weighted by molar-refractivity contribution is -0.140. The van der Waals surface area contributed by atoms with E-state index in [9.17, 15) is 4.79 Å². The fourth-order valence-corrected chi connectivity index (χ4v) is 3.28. The number of carbonyl (C=O) groups is 1. The van der Waals surface area contributed by atoms with Gasteiger partial charge in [-0.05, 0) is 25.0 Å². The summed E-state index contributed by atoms with van der Waals surface area (Å²) in [5.74, 6) is 1.16. The molecule has 0 spiro atoms. The van der Waals surface area contributed by atoms with Crippen molar-refractivity contribution in [2.75, 3.05) is 25.5 Å². The summed E-state index contributed by atoms with van der Waals surface area (Å²) in [4.78, 5) is 21.7.